The number of rotatable bonds is 15. The summed E-state index contributed by atoms with van der Waals surface area (Å²) in [6, 6.07) is -2.23. The number of oxime groups is 1. The SMILES string of the molecule is CO/N=C(\C(=O)N[C@@H]1C(=O)N2C(C(=O)O)=C(CSc3nc(=O)c(=O)[nH]n3C)CS[C@H]12)c1csc(NC(=O)CCC(=O)NC(C(=O)O)C(C)C)n1. The predicted octanol–water partition coefficient (Wildman–Crippen LogP) is -1.25. The van der Waals surface area contributed by atoms with Gasteiger partial charge in [0.1, 0.15) is 36.0 Å². The number of carbonyl (C=O) groups is 6. The van der Waals surface area contributed by atoms with Crippen molar-refractivity contribution in [1.82, 2.24) is 35.3 Å². The highest BCUT2D eigenvalue weighted by Gasteiger charge is 2.54. The van der Waals surface area contributed by atoms with Crippen LogP contribution in [0.4, 0.5) is 5.13 Å². The number of carboxylic acid groups (broad SMARTS) is 2. The highest BCUT2D eigenvalue weighted by Crippen LogP contribution is 2.41. The van der Waals surface area contributed by atoms with E-state index in [0.717, 1.165) is 28.0 Å². The zero-order chi connectivity index (χ0) is 36.9. The van der Waals surface area contributed by atoms with Gasteiger partial charge in [-0.2, -0.15) is 4.98 Å². The Labute approximate surface area is 294 Å². The molecule has 6 N–H and O–H groups in total. The fraction of sp³-hybridized carbons (Fsp3) is 0.444. The number of aromatic nitrogens is 4. The second-order valence-corrected chi connectivity index (χ2v) is 13.8. The topological polar surface area (TPSA) is 284 Å². The van der Waals surface area contributed by atoms with Crippen molar-refractivity contribution in [2.75, 3.05) is 23.9 Å². The molecule has 4 rings (SSSR count). The number of aliphatic carboxylic acids is 2. The van der Waals surface area contributed by atoms with E-state index in [2.05, 4.69) is 36.2 Å². The second-order valence-electron chi connectivity index (χ2n) is 10.9. The summed E-state index contributed by atoms with van der Waals surface area (Å²) in [5, 5.41) is 33.4. The maximum atomic E-state index is 13.3. The highest BCUT2D eigenvalue weighted by molar-refractivity contribution is 8.01. The molecule has 3 atom stereocenters. The van der Waals surface area contributed by atoms with Crippen LogP contribution in [0.1, 0.15) is 32.4 Å². The Bertz CT molecular complexity index is 1900. The van der Waals surface area contributed by atoms with Crippen LogP contribution in [-0.2, 0) is 40.7 Å². The van der Waals surface area contributed by atoms with E-state index >= 15 is 0 Å². The number of carbonyl (C=O) groups excluding carboxylic acids is 4. The number of hydrogen-bond donors (Lipinski definition) is 6. The first-order chi connectivity index (χ1) is 23.6. The van der Waals surface area contributed by atoms with Gasteiger partial charge in [-0.25, -0.2) is 14.6 Å². The molecular weight excluding hydrogens is 723 g/mol. The molecule has 1 unspecified atom stereocenters. The van der Waals surface area contributed by atoms with Gasteiger partial charge in [0.2, 0.25) is 11.8 Å². The number of nitrogens with one attached hydrogen (secondary N) is 4. The number of anilines is 1. The number of β-lactam (4-membered cyclic amide) rings is 1. The van der Waals surface area contributed by atoms with Gasteiger partial charge >= 0.3 is 23.1 Å². The zero-order valence-corrected chi connectivity index (χ0v) is 29.2. The molecule has 2 aromatic rings. The molecule has 20 nitrogen and oxygen atoms in total. The quantitative estimate of drug-likeness (QED) is 0.0407. The molecule has 50 heavy (non-hydrogen) atoms. The summed E-state index contributed by atoms with van der Waals surface area (Å²) in [5.74, 6) is -5.50. The van der Waals surface area contributed by atoms with Gasteiger partial charge < -0.3 is 31.0 Å². The maximum Gasteiger partial charge on any atom is 0.352 e. The van der Waals surface area contributed by atoms with Crippen molar-refractivity contribution in [3.8, 4) is 0 Å². The van der Waals surface area contributed by atoms with Crippen LogP contribution in [0.3, 0.4) is 0 Å². The van der Waals surface area contributed by atoms with Crippen molar-refractivity contribution < 1.29 is 43.8 Å². The van der Waals surface area contributed by atoms with Gasteiger partial charge in [0.25, 0.3) is 11.8 Å². The Morgan fingerprint density at radius 1 is 1.14 bits per heavy atom. The lowest BCUT2D eigenvalue weighted by atomic mass is 10.0. The molecule has 2 aliphatic rings. The third-order valence-corrected chi connectivity index (χ3v) is 10.3. The van der Waals surface area contributed by atoms with Crippen LogP contribution < -0.4 is 27.1 Å². The number of nitrogens with zero attached hydrogens (tertiary/aromatic N) is 5. The first-order valence-corrected chi connectivity index (χ1v) is 17.4. The van der Waals surface area contributed by atoms with Crippen LogP contribution in [0.5, 0.6) is 0 Å². The summed E-state index contributed by atoms with van der Waals surface area (Å²) in [6.45, 7) is 3.27. The Morgan fingerprint density at radius 2 is 1.84 bits per heavy atom. The lowest BCUT2D eigenvalue weighted by Crippen LogP contribution is -2.71. The minimum absolute atomic E-state index is 0.0146. The lowest BCUT2D eigenvalue weighted by molar-refractivity contribution is -0.150. The monoisotopic (exact) mass is 753 g/mol. The van der Waals surface area contributed by atoms with Gasteiger partial charge in [-0.1, -0.05) is 30.8 Å². The van der Waals surface area contributed by atoms with Crippen molar-refractivity contribution in [1.29, 1.82) is 0 Å². The standard InChI is InChI=1S/C27H31N9O11S3/c1-10(2)15(24(43)44)29-13(37)5-6-14(38)30-26-28-12(9-49-26)16(34-47-4)19(39)31-17-22(42)36-18(25(45)46)11(7-48-23(17)36)8-50-27-32-20(40)21(41)33-35(27)3/h9-10,15,17,23H,5-8H2,1-4H3,(H,29,37)(H,31,39)(H,33,41)(H,43,44)(H,45,46)(H,28,30,38)/b34-16-/t15?,17-,23-/m1/s1. The first kappa shape index (κ1) is 37.8. The van der Waals surface area contributed by atoms with Crippen molar-refractivity contribution in [2.45, 2.75) is 49.3 Å². The number of thiazole rings is 1. The molecule has 2 aromatic heterocycles. The summed E-state index contributed by atoms with van der Waals surface area (Å²) in [6.07, 6.45) is -0.557. The van der Waals surface area contributed by atoms with Gasteiger partial charge in [0.15, 0.2) is 16.0 Å². The predicted molar refractivity (Wildman–Crippen MR) is 178 cm³/mol. The van der Waals surface area contributed by atoms with E-state index in [1.54, 1.807) is 13.8 Å². The minimum atomic E-state index is -1.37. The number of aryl methyl sites for hydroxylation is 1. The van der Waals surface area contributed by atoms with E-state index < -0.39 is 64.1 Å². The summed E-state index contributed by atoms with van der Waals surface area (Å²) < 4.78 is 1.22. The Kier molecular flexibility index (Phi) is 12.2. The Morgan fingerprint density at radius 3 is 2.48 bits per heavy atom. The van der Waals surface area contributed by atoms with Gasteiger partial charge in [-0.3, -0.25) is 43.4 Å². The van der Waals surface area contributed by atoms with Crippen LogP contribution in [0.2, 0.25) is 0 Å². The van der Waals surface area contributed by atoms with E-state index in [0.29, 0.717) is 5.57 Å². The molecule has 1 saturated heterocycles. The Balaban J connectivity index is 1.38. The molecular formula is C27H31N9O11S3. The maximum absolute atomic E-state index is 13.3. The minimum Gasteiger partial charge on any atom is -0.480 e. The summed E-state index contributed by atoms with van der Waals surface area (Å²) in [7, 11) is 2.64. The van der Waals surface area contributed by atoms with Crippen LogP contribution in [-0.4, -0.2) is 112 Å². The van der Waals surface area contributed by atoms with E-state index in [9.17, 15) is 48.6 Å². The van der Waals surface area contributed by atoms with E-state index in [4.69, 9.17) is 4.84 Å². The fourth-order valence-corrected chi connectivity index (χ4v) is 7.76. The van der Waals surface area contributed by atoms with Gasteiger partial charge in [-0.05, 0) is 11.5 Å². The van der Waals surface area contributed by atoms with Crippen molar-refractivity contribution in [3.63, 3.8) is 0 Å². The number of thioether (sulfide) groups is 2. The summed E-state index contributed by atoms with van der Waals surface area (Å²) in [4.78, 5) is 111. The molecule has 4 heterocycles. The normalized spacial score (nSPS) is 17.8. The zero-order valence-electron chi connectivity index (χ0n) is 26.7. The molecule has 268 valence electrons. The van der Waals surface area contributed by atoms with Crippen molar-refractivity contribution in [3.05, 3.63) is 43.1 Å². The molecule has 1 fully saturated rings. The smallest absolute Gasteiger partial charge is 0.352 e. The van der Waals surface area contributed by atoms with Crippen LogP contribution in [0, 0.1) is 5.92 Å². The third-order valence-electron chi connectivity index (χ3n) is 7.08. The average molecular weight is 754 g/mol. The van der Waals surface area contributed by atoms with Gasteiger partial charge in [0.05, 0.1) is 0 Å². The van der Waals surface area contributed by atoms with E-state index in [1.807, 2.05) is 0 Å². The molecule has 0 radical (unpaired) electrons. The summed E-state index contributed by atoms with van der Waals surface area (Å²) >= 11 is 3.14. The first-order valence-electron chi connectivity index (χ1n) is 14.5. The van der Waals surface area contributed by atoms with Crippen LogP contribution >= 0.6 is 34.9 Å². The van der Waals surface area contributed by atoms with Gasteiger partial charge in [0, 0.05) is 36.8 Å². The van der Waals surface area contributed by atoms with E-state index in [-0.39, 0.29) is 57.7 Å². The molecule has 0 bridgehead atoms. The number of hydrogen-bond acceptors (Lipinski definition) is 15. The van der Waals surface area contributed by atoms with Crippen molar-refractivity contribution >= 4 is 81.3 Å². The molecule has 0 saturated carbocycles. The number of carboxylic acids is 2. The molecule has 0 aliphatic carbocycles. The summed E-state index contributed by atoms with van der Waals surface area (Å²) in [5.41, 5.74) is -2.17. The molecule has 0 aromatic carbocycles. The van der Waals surface area contributed by atoms with E-state index in [1.165, 1.54) is 36.0 Å². The number of H-pyrrole nitrogens is 1. The fourth-order valence-electron chi connectivity index (χ4n) is 4.65. The Hall–Kier alpha value is -5.03. The molecule has 2 aliphatic heterocycles. The van der Waals surface area contributed by atoms with Crippen molar-refractivity contribution in [2.24, 2.45) is 18.1 Å². The average Bonchev–Trinajstić information content (AvgIpc) is 3.51. The molecule has 0 spiro atoms. The highest BCUT2D eigenvalue weighted by atomic mass is 32.2. The molecule has 4 amide bonds. The largest absolute Gasteiger partial charge is 0.480 e. The second kappa shape index (κ2) is 16.1. The number of fused-ring (bicyclic) bond motifs is 1. The number of amides is 4. The third kappa shape index (κ3) is 8.57. The lowest BCUT2D eigenvalue weighted by Gasteiger charge is -2.49. The van der Waals surface area contributed by atoms with Crippen LogP contribution in [0.15, 0.2) is 36.6 Å². The van der Waals surface area contributed by atoms with Gasteiger partial charge in [-0.15, -0.1) is 23.1 Å². The number of aromatic amines is 1. The van der Waals surface area contributed by atoms with Crippen LogP contribution in [0.25, 0.3) is 0 Å². The molecule has 23 heteroatoms.